The van der Waals surface area contributed by atoms with Gasteiger partial charge in [0.05, 0.1) is 17.4 Å². The van der Waals surface area contributed by atoms with E-state index in [0.717, 1.165) is 0 Å². The Balaban J connectivity index is 2.10. The first-order chi connectivity index (χ1) is 11.2. The number of hydrogen-bond donors (Lipinski definition) is 0. The van der Waals surface area contributed by atoms with Crippen LogP contribution in [-0.4, -0.2) is 62.1 Å². The minimum atomic E-state index is -3.23. The molecule has 0 atom stereocenters. The van der Waals surface area contributed by atoms with Gasteiger partial charge in [-0.25, -0.2) is 12.7 Å². The first-order valence-corrected chi connectivity index (χ1v) is 10.1. The second-order valence-corrected chi connectivity index (χ2v) is 8.51. The second kappa shape index (κ2) is 7.72. The molecule has 0 bridgehead atoms. The third-order valence-electron chi connectivity index (χ3n) is 3.75. The van der Waals surface area contributed by atoms with Crippen molar-refractivity contribution in [1.82, 2.24) is 9.21 Å². The maximum absolute atomic E-state index is 12.7. The van der Waals surface area contributed by atoms with E-state index in [2.05, 4.69) is 0 Å². The summed E-state index contributed by atoms with van der Waals surface area (Å²) in [6, 6.07) is 4.97. The molecule has 0 aliphatic carbocycles. The van der Waals surface area contributed by atoms with Crippen LogP contribution in [0, 0.1) is 0 Å². The monoisotopic (exact) mass is 374 g/mol. The summed E-state index contributed by atoms with van der Waals surface area (Å²) < 4.78 is 30.3. The summed E-state index contributed by atoms with van der Waals surface area (Å²) >= 11 is 6.19. The highest BCUT2D eigenvalue weighted by molar-refractivity contribution is 7.88. The summed E-state index contributed by atoms with van der Waals surface area (Å²) in [6.45, 7) is 5.44. The Kier molecular flexibility index (Phi) is 6.11. The Morgan fingerprint density at radius 2 is 1.92 bits per heavy atom. The summed E-state index contributed by atoms with van der Waals surface area (Å²) in [7, 11) is -3.23. The normalized spacial score (nSPS) is 17.0. The van der Waals surface area contributed by atoms with Gasteiger partial charge in [-0.2, -0.15) is 0 Å². The summed E-state index contributed by atoms with van der Waals surface area (Å²) in [6.07, 6.45) is 1.80. The van der Waals surface area contributed by atoms with E-state index in [1.165, 1.54) is 10.6 Å². The predicted molar refractivity (Wildman–Crippen MR) is 94.2 cm³/mol. The van der Waals surface area contributed by atoms with Gasteiger partial charge in [-0.3, -0.25) is 4.79 Å². The fraction of sp³-hybridized carbons (Fsp3) is 0.562. The molecule has 1 amide bonds. The van der Waals surface area contributed by atoms with Crippen LogP contribution in [0.3, 0.4) is 0 Å². The van der Waals surface area contributed by atoms with Crippen molar-refractivity contribution in [2.45, 2.75) is 26.4 Å². The highest BCUT2D eigenvalue weighted by Crippen LogP contribution is 2.27. The third kappa shape index (κ3) is 4.84. The average molecular weight is 375 g/mol. The van der Waals surface area contributed by atoms with Crippen LogP contribution < -0.4 is 4.74 Å². The molecule has 1 saturated heterocycles. The molecular weight excluding hydrogens is 352 g/mol. The smallest absolute Gasteiger partial charge is 0.253 e. The van der Waals surface area contributed by atoms with Crippen molar-refractivity contribution in [3.63, 3.8) is 0 Å². The fourth-order valence-corrected chi connectivity index (χ4v) is 3.69. The van der Waals surface area contributed by atoms with E-state index in [1.807, 2.05) is 13.8 Å². The molecule has 2 rings (SSSR count). The zero-order valence-electron chi connectivity index (χ0n) is 14.2. The summed E-state index contributed by atoms with van der Waals surface area (Å²) in [5.74, 6) is 0.394. The molecule has 24 heavy (non-hydrogen) atoms. The first-order valence-electron chi connectivity index (χ1n) is 7.89. The number of carbonyl (C=O) groups excluding carboxylic acids is 1. The Labute approximate surface area is 148 Å². The number of rotatable bonds is 4. The molecule has 0 aromatic heterocycles. The number of nitrogens with zero attached hydrogens (tertiary/aromatic N) is 2. The molecule has 8 heteroatoms. The van der Waals surface area contributed by atoms with Gasteiger partial charge < -0.3 is 9.64 Å². The largest absolute Gasteiger partial charge is 0.489 e. The van der Waals surface area contributed by atoms with Gasteiger partial charge in [0.15, 0.2) is 0 Å². The quantitative estimate of drug-likeness (QED) is 0.810. The van der Waals surface area contributed by atoms with Crippen molar-refractivity contribution in [3.05, 3.63) is 28.8 Å². The van der Waals surface area contributed by atoms with Crippen molar-refractivity contribution >= 4 is 27.5 Å². The lowest BCUT2D eigenvalue weighted by Crippen LogP contribution is -2.36. The third-order valence-corrected chi connectivity index (χ3v) is 5.35. The zero-order valence-corrected chi connectivity index (χ0v) is 15.7. The molecule has 1 aromatic rings. The van der Waals surface area contributed by atoms with Crippen LogP contribution in [-0.2, 0) is 10.0 Å². The molecule has 1 fully saturated rings. The Hall–Kier alpha value is -1.31. The van der Waals surface area contributed by atoms with Gasteiger partial charge in [-0.05, 0) is 38.5 Å². The summed E-state index contributed by atoms with van der Waals surface area (Å²) in [4.78, 5) is 14.3. The topological polar surface area (TPSA) is 66.9 Å². The maximum atomic E-state index is 12.7. The van der Waals surface area contributed by atoms with E-state index >= 15 is 0 Å². The van der Waals surface area contributed by atoms with Crippen LogP contribution >= 0.6 is 11.6 Å². The number of halogens is 1. The van der Waals surface area contributed by atoms with Crippen LogP contribution in [0.5, 0.6) is 5.75 Å². The van der Waals surface area contributed by atoms with Crippen molar-refractivity contribution in [3.8, 4) is 5.75 Å². The Morgan fingerprint density at radius 3 is 2.50 bits per heavy atom. The van der Waals surface area contributed by atoms with Crippen LogP contribution in [0.2, 0.25) is 5.02 Å². The minimum absolute atomic E-state index is 0.00312. The molecule has 6 nitrogen and oxygen atoms in total. The molecule has 0 saturated carbocycles. The van der Waals surface area contributed by atoms with Gasteiger partial charge in [0.2, 0.25) is 10.0 Å². The Bertz CT molecular complexity index is 706. The highest BCUT2D eigenvalue weighted by atomic mass is 35.5. The number of carbonyl (C=O) groups is 1. The van der Waals surface area contributed by atoms with E-state index in [9.17, 15) is 13.2 Å². The van der Waals surface area contributed by atoms with Gasteiger partial charge in [0.1, 0.15) is 5.75 Å². The van der Waals surface area contributed by atoms with Crippen LogP contribution in [0.15, 0.2) is 18.2 Å². The van der Waals surface area contributed by atoms with Crippen LogP contribution in [0.4, 0.5) is 0 Å². The van der Waals surface area contributed by atoms with Crippen molar-refractivity contribution in [2.24, 2.45) is 0 Å². The molecule has 134 valence electrons. The Morgan fingerprint density at radius 1 is 1.21 bits per heavy atom. The predicted octanol–water partition coefficient (Wildman–Crippen LogP) is 2.23. The molecule has 0 N–H and O–H groups in total. The van der Waals surface area contributed by atoms with Gasteiger partial charge in [-0.1, -0.05) is 11.6 Å². The number of sulfonamides is 1. The molecular formula is C16H23ClN2O4S. The molecule has 1 aliphatic heterocycles. The standard InChI is InChI=1S/C16H23ClN2O4S/c1-12(2)23-15-6-5-13(11-14(15)17)16(20)18-7-4-8-19(10-9-18)24(3,21)22/h5-6,11-12H,4,7-10H2,1-3H3. The van der Waals surface area contributed by atoms with E-state index in [-0.39, 0.29) is 12.0 Å². The second-order valence-electron chi connectivity index (χ2n) is 6.12. The molecule has 0 unspecified atom stereocenters. The number of ether oxygens (including phenoxy) is 1. The van der Waals surface area contributed by atoms with Gasteiger partial charge in [-0.15, -0.1) is 0 Å². The number of amides is 1. The van der Waals surface area contributed by atoms with Crippen LogP contribution in [0.1, 0.15) is 30.6 Å². The van der Waals surface area contributed by atoms with Gasteiger partial charge in [0, 0.05) is 31.7 Å². The lowest BCUT2D eigenvalue weighted by Gasteiger charge is -2.21. The molecule has 0 spiro atoms. The average Bonchev–Trinajstić information content (AvgIpc) is 2.74. The van der Waals surface area contributed by atoms with E-state index in [4.69, 9.17) is 16.3 Å². The summed E-state index contributed by atoms with van der Waals surface area (Å²) in [5.41, 5.74) is 0.476. The lowest BCUT2D eigenvalue weighted by atomic mass is 10.2. The van der Waals surface area contributed by atoms with Crippen molar-refractivity contribution in [2.75, 3.05) is 32.4 Å². The van der Waals surface area contributed by atoms with E-state index < -0.39 is 10.0 Å². The van der Waals surface area contributed by atoms with E-state index in [0.29, 0.717) is 48.9 Å². The van der Waals surface area contributed by atoms with Gasteiger partial charge in [0.25, 0.3) is 5.91 Å². The van der Waals surface area contributed by atoms with Crippen molar-refractivity contribution < 1.29 is 17.9 Å². The van der Waals surface area contributed by atoms with Crippen LogP contribution in [0.25, 0.3) is 0 Å². The minimum Gasteiger partial charge on any atom is -0.489 e. The molecule has 1 aliphatic rings. The van der Waals surface area contributed by atoms with Gasteiger partial charge >= 0.3 is 0 Å². The zero-order chi connectivity index (χ0) is 17.9. The SMILES string of the molecule is CC(C)Oc1ccc(C(=O)N2CCCN(S(C)(=O)=O)CC2)cc1Cl. The van der Waals surface area contributed by atoms with Crippen molar-refractivity contribution in [1.29, 1.82) is 0 Å². The fourth-order valence-electron chi connectivity index (χ4n) is 2.59. The molecule has 1 aromatic carbocycles. The lowest BCUT2D eigenvalue weighted by molar-refractivity contribution is 0.0764. The maximum Gasteiger partial charge on any atom is 0.253 e. The number of benzene rings is 1. The molecule has 1 heterocycles. The summed E-state index contributed by atoms with van der Waals surface area (Å²) in [5, 5.41) is 0.391. The van der Waals surface area contributed by atoms with E-state index in [1.54, 1.807) is 23.1 Å². The molecule has 0 radical (unpaired) electrons. The number of hydrogen-bond acceptors (Lipinski definition) is 4. The first kappa shape index (κ1) is 19.0. The highest BCUT2D eigenvalue weighted by Gasteiger charge is 2.24.